The van der Waals surface area contributed by atoms with E-state index in [9.17, 15) is 0 Å². The average Bonchev–Trinajstić information content (AvgIpc) is 2.80. The Morgan fingerprint density at radius 1 is 0.304 bits per heavy atom. The maximum absolute atomic E-state index is 6.73. The summed E-state index contributed by atoms with van der Waals surface area (Å²) in [6, 6.07) is 1.79. The first-order valence-corrected chi connectivity index (χ1v) is 20.3. The molecule has 0 saturated carbocycles. The molecule has 0 amide bonds. The standard InChI is InChI=1S/C19H4Cl27/c1-4-6(9(22,23)12(28,29)15(34,35)18(41,42)43)2-5(8(20,21)11(26,27)14(32,33)17(38,39)40)3-7(4)10(24,25)13(30,31)16(36,37)19(44,45)46/h2-3H,1H2. The third kappa shape index (κ3) is 8.58. The molecule has 1 aromatic rings. The number of rotatable bonds is 9. The molecule has 1 rings (SSSR count). The molecule has 1 aromatic carbocycles. The minimum Gasteiger partial charge on any atom is -0.0943 e. The van der Waals surface area contributed by atoms with Gasteiger partial charge in [0.15, 0.2) is 26.0 Å². The van der Waals surface area contributed by atoms with E-state index in [0.29, 0.717) is 0 Å². The lowest BCUT2D eigenvalue weighted by Gasteiger charge is -2.47. The fourth-order valence-electron chi connectivity index (χ4n) is 3.06. The summed E-state index contributed by atoms with van der Waals surface area (Å²) in [5, 5.41) is 0. The van der Waals surface area contributed by atoms with Crippen LogP contribution in [0.5, 0.6) is 0 Å². The molecule has 0 aromatic heterocycles. The molecule has 0 heterocycles. The molecule has 0 aliphatic carbocycles. The molecule has 0 aliphatic heterocycles. The van der Waals surface area contributed by atoms with Crippen LogP contribution in [0.15, 0.2) is 12.1 Å². The van der Waals surface area contributed by atoms with Gasteiger partial charge in [-0.1, -0.05) is 313 Å². The summed E-state index contributed by atoms with van der Waals surface area (Å²) < 4.78 is -34.1. The summed E-state index contributed by atoms with van der Waals surface area (Å²) in [4.78, 5) is 0. The second kappa shape index (κ2) is 15.7. The van der Waals surface area contributed by atoms with E-state index in [1.54, 1.807) is 0 Å². The Balaban J connectivity index is 4.58. The van der Waals surface area contributed by atoms with Crippen molar-refractivity contribution in [3.05, 3.63) is 41.3 Å². The molecule has 46 heavy (non-hydrogen) atoms. The lowest BCUT2D eigenvalue weighted by Crippen LogP contribution is -2.56. The van der Waals surface area contributed by atoms with Gasteiger partial charge in [-0.3, -0.25) is 0 Å². The number of halogens is 27. The van der Waals surface area contributed by atoms with Crippen LogP contribution in [0.25, 0.3) is 0 Å². The van der Waals surface area contributed by atoms with Crippen LogP contribution >= 0.6 is 313 Å². The van der Waals surface area contributed by atoms with Gasteiger partial charge in [0.25, 0.3) is 0 Å². The Morgan fingerprint density at radius 3 is 0.696 bits per heavy atom. The van der Waals surface area contributed by atoms with E-state index in [-0.39, 0.29) is 0 Å². The lowest BCUT2D eigenvalue weighted by atomic mass is 9.89. The summed E-state index contributed by atoms with van der Waals surface area (Å²) in [6.45, 7) is 3.83. The van der Waals surface area contributed by atoms with E-state index < -0.39 is 72.6 Å². The molecule has 0 N–H and O–H groups in total. The smallest absolute Gasteiger partial charge is 0.0943 e. The zero-order valence-electron chi connectivity index (χ0n) is 20.1. The highest BCUT2D eigenvalue weighted by molar-refractivity contribution is 6.82. The van der Waals surface area contributed by atoms with Crippen molar-refractivity contribution < 1.29 is 0 Å². The van der Waals surface area contributed by atoms with Gasteiger partial charge in [0.1, 0.15) is 0 Å². The summed E-state index contributed by atoms with van der Waals surface area (Å²) in [5.74, 6) is 0. The van der Waals surface area contributed by atoms with Crippen LogP contribution in [0.4, 0.5) is 0 Å². The molecule has 0 unspecified atom stereocenters. The molecule has 27 heteroatoms. The van der Waals surface area contributed by atoms with E-state index in [1.807, 2.05) is 0 Å². The van der Waals surface area contributed by atoms with Gasteiger partial charge in [0, 0.05) is 0 Å². The van der Waals surface area contributed by atoms with Gasteiger partial charge in [-0.25, -0.2) is 0 Å². The van der Waals surface area contributed by atoms with Crippen molar-refractivity contribution in [2.24, 2.45) is 0 Å². The van der Waals surface area contributed by atoms with Gasteiger partial charge >= 0.3 is 0 Å². The molecule has 0 fully saturated rings. The van der Waals surface area contributed by atoms with E-state index in [4.69, 9.17) is 313 Å². The van der Waals surface area contributed by atoms with Gasteiger partial charge < -0.3 is 0 Å². The van der Waals surface area contributed by atoms with Crippen molar-refractivity contribution in [1.82, 2.24) is 0 Å². The maximum atomic E-state index is 6.73. The van der Waals surface area contributed by atoms with Gasteiger partial charge in [-0.15, -0.1) is 0 Å². The average molecular weight is 1190 g/mol. The van der Waals surface area contributed by atoms with Gasteiger partial charge in [-0.05, 0) is 41.3 Å². The van der Waals surface area contributed by atoms with Crippen molar-refractivity contribution in [2.75, 3.05) is 0 Å². The zero-order valence-corrected chi connectivity index (χ0v) is 40.5. The van der Waals surface area contributed by atoms with Crippen molar-refractivity contribution >= 4 is 313 Å². The number of hydrogen-bond acceptors (Lipinski definition) is 0. The van der Waals surface area contributed by atoms with Crippen LogP contribution in [0, 0.1) is 6.92 Å². The van der Waals surface area contributed by atoms with Crippen molar-refractivity contribution in [3.8, 4) is 0 Å². The quantitative estimate of drug-likeness (QED) is 0.216. The normalized spacial score (nSPS) is 16.3. The van der Waals surface area contributed by atoms with Crippen LogP contribution in [0.3, 0.4) is 0 Å². The summed E-state index contributed by atoms with van der Waals surface area (Å²) in [6.07, 6.45) is 0. The highest BCUT2D eigenvalue weighted by Crippen LogP contribution is 2.70. The fourth-order valence-corrected chi connectivity index (χ4v) is 9.85. The molecule has 0 saturated heterocycles. The maximum Gasteiger partial charge on any atom is 0.226 e. The third-order valence-electron chi connectivity index (χ3n) is 5.72. The first-order chi connectivity index (χ1) is 19.5. The van der Waals surface area contributed by atoms with E-state index >= 15 is 0 Å². The van der Waals surface area contributed by atoms with Crippen LogP contribution < -0.4 is 0 Å². The topological polar surface area (TPSA) is 0 Å². The van der Waals surface area contributed by atoms with Crippen molar-refractivity contribution in [2.45, 2.75) is 50.4 Å². The Bertz CT molecular complexity index is 1210. The molecule has 1 radical (unpaired) electrons. The molecule has 0 bridgehead atoms. The van der Waals surface area contributed by atoms with Gasteiger partial charge in [0.2, 0.25) is 24.4 Å². The predicted molar refractivity (Wildman–Crippen MR) is 219 cm³/mol. The number of alkyl halides is 27. The highest BCUT2D eigenvalue weighted by Gasteiger charge is 2.72. The zero-order chi connectivity index (χ0) is 37.7. The van der Waals surface area contributed by atoms with E-state index in [2.05, 4.69) is 6.92 Å². The summed E-state index contributed by atoms with van der Waals surface area (Å²) in [7, 11) is 0. The third-order valence-corrected chi connectivity index (χ3v) is 22.1. The largest absolute Gasteiger partial charge is 0.226 e. The number of hydrogen-bond donors (Lipinski definition) is 0. The minimum absolute atomic E-state index is 0.472. The predicted octanol–water partition coefficient (Wildman–Crippen LogP) is 17.9. The molecule has 269 valence electrons. The number of benzene rings is 1. The first kappa shape index (κ1) is 51.1. The first-order valence-electron chi connectivity index (χ1n) is 10.1. The molecule has 0 spiro atoms. The monoisotopic (exact) mass is 1180 g/mol. The Hall–Kier alpha value is 7.05. The van der Waals surface area contributed by atoms with E-state index in [1.165, 1.54) is 0 Å². The van der Waals surface area contributed by atoms with Crippen LogP contribution in [-0.2, 0) is 13.0 Å². The summed E-state index contributed by atoms with van der Waals surface area (Å²) in [5.41, 5.74) is -2.26. The van der Waals surface area contributed by atoms with Crippen molar-refractivity contribution in [1.29, 1.82) is 0 Å². The fraction of sp³-hybridized carbons (Fsp3) is 0.632. The SMILES string of the molecule is [CH2]c1c(C(Cl)(Cl)C(Cl)(Cl)C(Cl)(Cl)C(Cl)(Cl)Cl)cc(C(Cl)(Cl)C(Cl)(Cl)C(Cl)(Cl)C(Cl)(Cl)Cl)cc1C(Cl)(Cl)C(Cl)(Cl)C(Cl)(Cl)C(Cl)(Cl)Cl. The lowest BCUT2D eigenvalue weighted by molar-refractivity contribution is 0.577. The highest BCUT2D eigenvalue weighted by atomic mass is 35.6. The Morgan fingerprint density at radius 2 is 0.500 bits per heavy atom. The molecular formula is C19H4Cl27. The Labute approximate surface area is 398 Å². The molecule has 0 nitrogen and oxygen atoms in total. The van der Waals surface area contributed by atoms with Gasteiger partial charge in [0.05, 0.1) is 0 Å². The van der Waals surface area contributed by atoms with Crippen LogP contribution in [0.1, 0.15) is 22.3 Å². The molecular weight excluding hydrogens is 1190 g/mol. The second-order valence-electron chi connectivity index (χ2n) is 8.71. The molecule has 0 aliphatic rings. The van der Waals surface area contributed by atoms with Crippen molar-refractivity contribution in [3.63, 3.8) is 0 Å². The molecule has 0 atom stereocenters. The van der Waals surface area contributed by atoms with Crippen LogP contribution in [0.2, 0.25) is 0 Å². The Kier molecular flexibility index (Phi) is 17.4. The van der Waals surface area contributed by atoms with E-state index in [0.717, 1.165) is 12.1 Å². The van der Waals surface area contributed by atoms with Gasteiger partial charge in [-0.2, -0.15) is 0 Å². The second-order valence-corrected chi connectivity index (χ2v) is 27.5. The summed E-state index contributed by atoms with van der Waals surface area (Å²) >= 11 is 170. The van der Waals surface area contributed by atoms with Crippen LogP contribution in [-0.4, -0.2) is 37.4 Å². The minimum atomic E-state index is -2.96.